The Kier molecular flexibility index (Phi) is 8.59. The molecule has 4 aromatic rings. The van der Waals surface area contributed by atoms with E-state index in [9.17, 15) is 0 Å². The Labute approximate surface area is 368 Å². The minimum atomic E-state index is -0.256. The first-order valence-corrected chi connectivity index (χ1v) is 23.9. The lowest BCUT2D eigenvalue weighted by molar-refractivity contribution is 0.172. The molecule has 8 atom stereocenters. The lowest BCUT2D eigenvalue weighted by atomic mass is 9.43. The van der Waals surface area contributed by atoms with E-state index < -0.39 is 0 Å². The third-order valence-corrected chi connectivity index (χ3v) is 16.8. The molecule has 0 saturated heterocycles. The maximum absolute atomic E-state index is 4.01. The second-order valence-corrected chi connectivity index (χ2v) is 19.5. The first-order valence-electron chi connectivity index (χ1n) is 23.9. The molecule has 306 valence electrons. The summed E-state index contributed by atoms with van der Waals surface area (Å²) >= 11 is 0. The van der Waals surface area contributed by atoms with Crippen LogP contribution >= 0.6 is 0 Å². The minimum Gasteiger partial charge on any atom is -0.369 e. The van der Waals surface area contributed by atoms with Crippen molar-refractivity contribution in [2.24, 2.45) is 29.6 Å². The summed E-state index contributed by atoms with van der Waals surface area (Å²) < 4.78 is 0. The fourth-order valence-electron chi connectivity index (χ4n) is 14.4. The molecule has 13 rings (SSSR count). The zero-order valence-corrected chi connectivity index (χ0v) is 35.6. The third-order valence-electron chi connectivity index (χ3n) is 16.8. The Balaban J connectivity index is 0.922. The number of hydrogen-bond donors (Lipinski definition) is 2. The van der Waals surface area contributed by atoms with E-state index in [0.717, 1.165) is 12.8 Å². The predicted octanol–water partition coefficient (Wildman–Crippen LogP) is 13.5. The van der Waals surface area contributed by atoms with Crippen molar-refractivity contribution >= 4 is 5.57 Å². The first-order chi connectivity index (χ1) is 30.7. The van der Waals surface area contributed by atoms with E-state index in [4.69, 9.17) is 0 Å². The van der Waals surface area contributed by atoms with Crippen LogP contribution in [0.25, 0.3) is 16.7 Å². The highest BCUT2D eigenvalue weighted by Gasteiger charge is 2.67. The predicted molar refractivity (Wildman–Crippen MR) is 255 cm³/mol. The summed E-state index contributed by atoms with van der Waals surface area (Å²) in [4.78, 5) is 0. The van der Waals surface area contributed by atoms with Gasteiger partial charge in [0.1, 0.15) is 6.17 Å². The van der Waals surface area contributed by atoms with Crippen molar-refractivity contribution in [3.8, 4) is 11.1 Å². The van der Waals surface area contributed by atoms with Gasteiger partial charge in [0.05, 0.1) is 11.5 Å². The van der Waals surface area contributed by atoms with Crippen LogP contribution in [0.1, 0.15) is 97.3 Å². The van der Waals surface area contributed by atoms with Crippen molar-refractivity contribution in [1.29, 1.82) is 0 Å². The molecule has 62 heavy (non-hydrogen) atoms. The van der Waals surface area contributed by atoms with E-state index in [1.807, 2.05) is 0 Å². The standard InChI is InChI=1S/C60H56N2/c1-3-17-40(18-4-1)56-38-57(41-19-5-2-6-20-41)62-58(61-56)42-33-31-39(32-34-42)43-35-36-47-46-23-9-12-26-50(46)60(55(47)37-43)53-29-15-13-27-51(53)59(52-28-14-16-30-54(52)60)48-24-10-7-21-44(48)45-22-8-11-25-49(45)59/h1,3,5,7-8,10-11,13-17,19,21-22,24-25,27-38,41,47,51,53,55-56,58,61-62H,2,4,6,9,12,18,20,23,26H2/t41?,47?,51?,53?,55-,56?,58?,60?/m0/s1. The summed E-state index contributed by atoms with van der Waals surface area (Å²) in [5.41, 5.74) is 18.8. The molecule has 1 aliphatic heterocycles. The van der Waals surface area contributed by atoms with Crippen LogP contribution < -0.4 is 10.6 Å². The normalized spacial score (nSPS) is 31.6. The highest BCUT2D eigenvalue weighted by molar-refractivity contribution is 5.86. The van der Waals surface area contributed by atoms with Crippen LogP contribution in [0.5, 0.6) is 0 Å². The summed E-state index contributed by atoms with van der Waals surface area (Å²) in [6.07, 6.45) is 43.0. The molecule has 2 N–H and O–H groups in total. The molecule has 2 heteroatoms. The molecular formula is C60H56N2. The van der Waals surface area contributed by atoms with Gasteiger partial charge in [0, 0.05) is 34.8 Å². The molecule has 2 spiro atoms. The fraction of sp³-hybridized carbons (Fsp3) is 0.300. The van der Waals surface area contributed by atoms with Gasteiger partial charge in [-0.2, -0.15) is 0 Å². The van der Waals surface area contributed by atoms with Crippen molar-refractivity contribution in [3.63, 3.8) is 0 Å². The van der Waals surface area contributed by atoms with Crippen LogP contribution in [0.2, 0.25) is 0 Å². The Morgan fingerprint density at radius 2 is 1.32 bits per heavy atom. The maximum atomic E-state index is 4.01. The van der Waals surface area contributed by atoms with E-state index in [0.29, 0.717) is 23.7 Å². The Hall–Kier alpha value is -5.70. The molecule has 0 amide bonds. The van der Waals surface area contributed by atoms with Crippen molar-refractivity contribution in [3.05, 3.63) is 232 Å². The second kappa shape index (κ2) is 14.4. The van der Waals surface area contributed by atoms with Crippen molar-refractivity contribution in [1.82, 2.24) is 10.6 Å². The van der Waals surface area contributed by atoms with Gasteiger partial charge in [-0.3, -0.25) is 5.32 Å². The van der Waals surface area contributed by atoms with Gasteiger partial charge in [0.25, 0.3) is 0 Å². The van der Waals surface area contributed by atoms with Crippen LogP contribution in [-0.4, -0.2) is 6.04 Å². The number of rotatable bonds is 4. The number of nitrogens with one attached hydrogen (secondary N) is 2. The molecule has 0 fully saturated rings. The van der Waals surface area contributed by atoms with Gasteiger partial charge in [0.2, 0.25) is 0 Å². The van der Waals surface area contributed by atoms with Crippen LogP contribution in [-0.2, 0) is 10.8 Å². The Bertz CT molecular complexity index is 2730. The van der Waals surface area contributed by atoms with Crippen molar-refractivity contribution < 1.29 is 0 Å². The highest BCUT2D eigenvalue weighted by Crippen LogP contribution is 2.72. The highest BCUT2D eigenvalue weighted by atomic mass is 15.2. The van der Waals surface area contributed by atoms with Crippen LogP contribution in [0.3, 0.4) is 0 Å². The summed E-state index contributed by atoms with van der Waals surface area (Å²) in [6.45, 7) is 0. The van der Waals surface area contributed by atoms with Gasteiger partial charge in [-0.15, -0.1) is 0 Å². The number of allylic oxidation sites excluding steroid dienone is 15. The number of benzene rings is 4. The second-order valence-electron chi connectivity index (χ2n) is 19.5. The topological polar surface area (TPSA) is 24.1 Å². The van der Waals surface area contributed by atoms with Gasteiger partial charge in [-0.1, -0.05) is 181 Å². The van der Waals surface area contributed by atoms with E-state index in [1.165, 1.54) is 101 Å². The molecule has 7 unspecified atom stereocenters. The fourth-order valence-corrected chi connectivity index (χ4v) is 14.4. The zero-order valence-electron chi connectivity index (χ0n) is 35.6. The third kappa shape index (κ3) is 5.20. The number of fused-ring (bicyclic) bond motifs is 15. The molecule has 9 aliphatic rings. The van der Waals surface area contributed by atoms with E-state index in [1.54, 1.807) is 16.7 Å². The van der Waals surface area contributed by atoms with E-state index >= 15 is 0 Å². The monoisotopic (exact) mass is 804 g/mol. The van der Waals surface area contributed by atoms with Gasteiger partial charge in [-0.05, 0) is 125 Å². The molecule has 2 nitrogen and oxygen atoms in total. The molecule has 0 saturated carbocycles. The Morgan fingerprint density at radius 1 is 0.581 bits per heavy atom. The number of hydrogen-bond acceptors (Lipinski definition) is 2. The summed E-state index contributed by atoms with van der Waals surface area (Å²) in [5.74, 6) is 1.83. The van der Waals surface area contributed by atoms with Gasteiger partial charge in [-0.25, -0.2) is 0 Å². The average Bonchev–Trinajstić information content (AvgIpc) is 3.82. The van der Waals surface area contributed by atoms with Crippen LogP contribution in [0.15, 0.2) is 198 Å². The summed E-state index contributed by atoms with van der Waals surface area (Å²) in [6, 6.07) is 38.3. The SMILES string of the molecule is C1=CCCC(C2C=C(C3C=CCCC3)NC(c3ccc(C4=C[C@H]5C(C=C4)C4=C(CCCC4)C54c5ccccc5C5(c6ccccc6-c6ccccc65)C5C=CC=CC54)cc3)N2)=C1. The lowest BCUT2D eigenvalue weighted by Crippen LogP contribution is -2.56. The van der Waals surface area contributed by atoms with E-state index in [-0.39, 0.29) is 29.0 Å². The maximum Gasteiger partial charge on any atom is 0.104 e. The zero-order chi connectivity index (χ0) is 40.8. The molecule has 8 aliphatic carbocycles. The van der Waals surface area contributed by atoms with Gasteiger partial charge < -0.3 is 5.32 Å². The Morgan fingerprint density at radius 3 is 2.08 bits per heavy atom. The summed E-state index contributed by atoms with van der Waals surface area (Å²) in [7, 11) is 0. The van der Waals surface area contributed by atoms with Crippen LogP contribution in [0.4, 0.5) is 0 Å². The largest absolute Gasteiger partial charge is 0.369 e. The summed E-state index contributed by atoms with van der Waals surface area (Å²) in [5, 5.41) is 8.00. The molecule has 0 aromatic heterocycles. The molecule has 0 radical (unpaired) electrons. The average molecular weight is 805 g/mol. The first kappa shape index (κ1) is 36.9. The van der Waals surface area contributed by atoms with Gasteiger partial charge in [0.15, 0.2) is 0 Å². The van der Waals surface area contributed by atoms with E-state index in [2.05, 4.69) is 187 Å². The minimum absolute atomic E-state index is 0.0606. The molecule has 1 heterocycles. The molecule has 4 aromatic carbocycles. The molecule has 0 bridgehead atoms. The van der Waals surface area contributed by atoms with Crippen LogP contribution in [0, 0.1) is 29.6 Å². The quantitative estimate of drug-likeness (QED) is 0.201. The van der Waals surface area contributed by atoms with Gasteiger partial charge >= 0.3 is 0 Å². The van der Waals surface area contributed by atoms with Crippen molar-refractivity contribution in [2.75, 3.05) is 0 Å². The lowest BCUT2D eigenvalue weighted by Gasteiger charge is -2.59. The smallest absolute Gasteiger partial charge is 0.104 e. The molecular weight excluding hydrogens is 749 g/mol. The van der Waals surface area contributed by atoms with Crippen molar-refractivity contribution in [2.45, 2.75) is 80.8 Å².